The second-order valence-corrected chi connectivity index (χ2v) is 4.36. The molecule has 5 nitrogen and oxygen atoms in total. The fourth-order valence-electron chi connectivity index (χ4n) is 1.44. The van der Waals surface area contributed by atoms with E-state index in [1.165, 1.54) is 19.3 Å². The molecular weight excluding hydrogens is 282 g/mol. The molecule has 1 rings (SSSR count). The van der Waals surface area contributed by atoms with E-state index in [1.807, 2.05) is 6.92 Å². The molecule has 0 atom stereocenters. The summed E-state index contributed by atoms with van der Waals surface area (Å²) in [6.45, 7) is 3.13. The Morgan fingerprint density at radius 1 is 1.40 bits per heavy atom. The number of anilines is 1. The van der Waals surface area contributed by atoms with Crippen LogP contribution in [-0.4, -0.2) is 25.6 Å². The van der Waals surface area contributed by atoms with Gasteiger partial charge in [0, 0.05) is 17.2 Å². The molecule has 0 radical (unpaired) electrons. The molecule has 20 heavy (non-hydrogen) atoms. The number of hydrogen-bond acceptors (Lipinski definition) is 4. The van der Waals surface area contributed by atoms with Gasteiger partial charge >= 0.3 is 5.97 Å². The van der Waals surface area contributed by atoms with E-state index in [0.717, 1.165) is 5.56 Å². The van der Waals surface area contributed by atoms with Gasteiger partial charge in [0.15, 0.2) is 6.61 Å². The van der Waals surface area contributed by atoms with Crippen LogP contribution in [0, 0.1) is 6.92 Å². The maximum Gasteiger partial charge on any atom is 0.330 e. The Labute approximate surface area is 122 Å². The number of nitrogens with one attached hydrogen (secondary N) is 1. The fourth-order valence-corrected chi connectivity index (χ4v) is 1.59. The van der Waals surface area contributed by atoms with Crippen molar-refractivity contribution in [3.63, 3.8) is 0 Å². The zero-order chi connectivity index (χ0) is 15.1. The summed E-state index contributed by atoms with van der Waals surface area (Å²) < 4.78 is 9.87. The van der Waals surface area contributed by atoms with Gasteiger partial charge in [-0.3, -0.25) is 4.79 Å². The molecule has 0 aliphatic carbocycles. The lowest BCUT2D eigenvalue weighted by Crippen LogP contribution is -2.20. The van der Waals surface area contributed by atoms with Gasteiger partial charge in [-0.05, 0) is 25.5 Å². The molecule has 0 aromatic heterocycles. The minimum Gasteiger partial charge on any atom is -0.495 e. The van der Waals surface area contributed by atoms with E-state index >= 15 is 0 Å². The largest absolute Gasteiger partial charge is 0.495 e. The van der Waals surface area contributed by atoms with Crippen molar-refractivity contribution in [1.29, 1.82) is 0 Å². The summed E-state index contributed by atoms with van der Waals surface area (Å²) in [6.07, 6.45) is 2.77. The second-order valence-electron chi connectivity index (χ2n) is 3.96. The van der Waals surface area contributed by atoms with Gasteiger partial charge in [0.25, 0.3) is 5.91 Å². The van der Waals surface area contributed by atoms with Crippen LogP contribution in [0.1, 0.15) is 12.5 Å². The van der Waals surface area contributed by atoms with Gasteiger partial charge < -0.3 is 14.8 Å². The van der Waals surface area contributed by atoms with Gasteiger partial charge in [0.1, 0.15) is 5.75 Å². The van der Waals surface area contributed by atoms with Gasteiger partial charge in [0.2, 0.25) is 0 Å². The standard InChI is InChI=1S/C14H16ClNO4/c1-4-5-14(18)20-8-13(17)16-11-6-9(2)10(15)7-12(11)19-3/h4-7H,8H2,1-3H3,(H,16,17)/b5-4+. The van der Waals surface area contributed by atoms with Crippen LogP contribution in [0.15, 0.2) is 24.3 Å². The molecule has 0 saturated carbocycles. The highest BCUT2D eigenvalue weighted by Crippen LogP contribution is 2.30. The van der Waals surface area contributed by atoms with Crippen molar-refractivity contribution in [3.8, 4) is 5.75 Å². The lowest BCUT2D eigenvalue weighted by atomic mass is 10.2. The first kappa shape index (κ1) is 16.0. The van der Waals surface area contributed by atoms with Crippen LogP contribution in [0.5, 0.6) is 5.75 Å². The molecule has 0 aliphatic rings. The molecule has 1 aromatic carbocycles. The number of carbonyl (C=O) groups is 2. The number of benzene rings is 1. The normalized spacial score (nSPS) is 10.4. The molecule has 0 spiro atoms. The summed E-state index contributed by atoms with van der Waals surface area (Å²) in [5, 5.41) is 3.14. The predicted octanol–water partition coefficient (Wildman–Crippen LogP) is 2.71. The lowest BCUT2D eigenvalue weighted by Gasteiger charge is -2.12. The molecule has 0 saturated heterocycles. The van der Waals surface area contributed by atoms with Crippen LogP contribution < -0.4 is 10.1 Å². The first-order valence-corrected chi connectivity index (χ1v) is 6.29. The monoisotopic (exact) mass is 297 g/mol. The van der Waals surface area contributed by atoms with Crippen molar-refractivity contribution in [2.45, 2.75) is 13.8 Å². The fraction of sp³-hybridized carbons (Fsp3) is 0.286. The number of ether oxygens (including phenoxy) is 2. The Balaban J connectivity index is 2.70. The maximum absolute atomic E-state index is 11.7. The third-order valence-corrected chi connectivity index (χ3v) is 2.81. The summed E-state index contributed by atoms with van der Waals surface area (Å²) in [5.74, 6) is -0.585. The molecule has 0 heterocycles. The van der Waals surface area contributed by atoms with Gasteiger partial charge in [0.05, 0.1) is 12.8 Å². The second kappa shape index (κ2) is 7.55. The minimum absolute atomic E-state index is 0.367. The summed E-state index contributed by atoms with van der Waals surface area (Å²) in [7, 11) is 1.47. The number of amides is 1. The highest BCUT2D eigenvalue weighted by Gasteiger charge is 2.11. The topological polar surface area (TPSA) is 64.6 Å². The van der Waals surface area contributed by atoms with Crippen LogP contribution >= 0.6 is 11.6 Å². The van der Waals surface area contributed by atoms with Crippen molar-refractivity contribution >= 4 is 29.2 Å². The predicted molar refractivity (Wildman–Crippen MR) is 77.1 cm³/mol. The summed E-state index contributed by atoms with van der Waals surface area (Å²) in [5.41, 5.74) is 1.27. The first-order chi connectivity index (χ1) is 9.47. The number of halogens is 1. The van der Waals surface area contributed by atoms with Crippen molar-refractivity contribution < 1.29 is 19.1 Å². The Morgan fingerprint density at radius 2 is 2.10 bits per heavy atom. The van der Waals surface area contributed by atoms with Crippen molar-refractivity contribution in [2.24, 2.45) is 0 Å². The average Bonchev–Trinajstić information content (AvgIpc) is 2.40. The van der Waals surface area contributed by atoms with E-state index in [4.69, 9.17) is 21.1 Å². The molecule has 0 bridgehead atoms. The summed E-state index contributed by atoms with van der Waals surface area (Å²) in [6, 6.07) is 3.30. The maximum atomic E-state index is 11.7. The van der Waals surface area contributed by atoms with Crippen LogP contribution in [0.25, 0.3) is 0 Å². The zero-order valence-electron chi connectivity index (χ0n) is 11.5. The van der Waals surface area contributed by atoms with Crippen LogP contribution in [0.2, 0.25) is 5.02 Å². The number of carbonyl (C=O) groups excluding carboxylic acids is 2. The molecule has 1 N–H and O–H groups in total. The summed E-state index contributed by atoms with van der Waals surface area (Å²) in [4.78, 5) is 22.8. The number of allylic oxidation sites excluding steroid dienone is 1. The van der Waals surface area contributed by atoms with Gasteiger partial charge in [-0.1, -0.05) is 17.7 Å². The molecule has 0 fully saturated rings. The molecule has 0 aliphatic heterocycles. The highest BCUT2D eigenvalue weighted by molar-refractivity contribution is 6.31. The van der Waals surface area contributed by atoms with E-state index in [-0.39, 0.29) is 6.61 Å². The van der Waals surface area contributed by atoms with E-state index < -0.39 is 11.9 Å². The van der Waals surface area contributed by atoms with Crippen LogP contribution in [0.3, 0.4) is 0 Å². The van der Waals surface area contributed by atoms with Crippen molar-refractivity contribution in [3.05, 3.63) is 34.9 Å². The number of esters is 1. The van der Waals surface area contributed by atoms with E-state index in [0.29, 0.717) is 16.5 Å². The average molecular weight is 298 g/mol. The number of methoxy groups -OCH3 is 1. The molecular formula is C14H16ClNO4. The molecule has 1 amide bonds. The minimum atomic E-state index is -0.568. The third-order valence-electron chi connectivity index (χ3n) is 2.40. The summed E-state index contributed by atoms with van der Waals surface area (Å²) >= 11 is 5.97. The van der Waals surface area contributed by atoms with E-state index in [9.17, 15) is 9.59 Å². The quantitative estimate of drug-likeness (QED) is 0.670. The molecule has 108 valence electrons. The Bertz CT molecular complexity index is 540. The van der Waals surface area contributed by atoms with Gasteiger partial charge in [-0.15, -0.1) is 0 Å². The Hall–Kier alpha value is -2.01. The van der Waals surface area contributed by atoms with Gasteiger partial charge in [-0.2, -0.15) is 0 Å². The molecule has 1 aromatic rings. The van der Waals surface area contributed by atoms with Crippen molar-refractivity contribution in [1.82, 2.24) is 0 Å². The number of aryl methyl sites for hydroxylation is 1. The number of rotatable bonds is 5. The smallest absolute Gasteiger partial charge is 0.330 e. The van der Waals surface area contributed by atoms with E-state index in [1.54, 1.807) is 19.1 Å². The van der Waals surface area contributed by atoms with E-state index in [2.05, 4.69) is 5.32 Å². The SMILES string of the molecule is C/C=C/C(=O)OCC(=O)Nc1cc(C)c(Cl)cc1OC. The van der Waals surface area contributed by atoms with Crippen LogP contribution in [-0.2, 0) is 14.3 Å². The lowest BCUT2D eigenvalue weighted by molar-refractivity contribution is -0.142. The molecule has 6 heteroatoms. The van der Waals surface area contributed by atoms with Gasteiger partial charge in [-0.25, -0.2) is 4.79 Å². The first-order valence-electron chi connectivity index (χ1n) is 5.91. The van der Waals surface area contributed by atoms with Crippen molar-refractivity contribution in [2.75, 3.05) is 19.0 Å². The zero-order valence-corrected chi connectivity index (χ0v) is 12.3. The Kier molecular flexibility index (Phi) is 6.06. The molecule has 0 unspecified atom stereocenters. The highest BCUT2D eigenvalue weighted by atomic mass is 35.5. The third kappa shape index (κ3) is 4.59. The Morgan fingerprint density at radius 3 is 2.70 bits per heavy atom. The van der Waals surface area contributed by atoms with Crippen LogP contribution in [0.4, 0.5) is 5.69 Å². The number of hydrogen-bond donors (Lipinski definition) is 1.